The summed E-state index contributed by atoms with van der Waals surface area (Å²) in [5.74, 6) is -1.33. The number of rotatable bonds is 3. The van der Waals surface area contributed by atoms with Gasteiger partial charge in [-0.1, -0.05) is 19.8 Å². The second-order valence-corrected chi connectivity index (χ2v) is 6.63. The first-order valence-electron chi connectivity index (χ1n) is 6.78. The van der Waals surface area contributed by atoms with Gasteiger partial charge in [-0.3, -0.25) is 4.79 Å². The van der Waals surface area contributed by atoms with E-state index in [0.29, 0.717) is 18.8 Å². The second kappa shape index (κ2) is 5.90. The van der Waals surface area contributed by atoms with E-state index in [9.17, 15) is 13.6 Å². The summed E-state index contributed by atoms with van der Waals surface area (Å²) in [4.78, 5) is 12.4. The molecule has 0 aliphatic heterocycles. The Balaban J connectivity index is 2.22. The molecular formula is C15H18BrF2NO. The minimum Gasteiger partial charge on any atom is -0.319 e. The lowest BCUT2D eigenvalue weighted by Crippen LogP contribution is -2.51. The number of nitrogens with two attached hydrogens (primary N) is 1. The summed E-state index contributed by atoms with van der Waals surface area (Å²) in [5.41, 5.74) is 5.03. The van der Waals surface area contributed by atoms with E-state index in [1.807, 2.05) is 6.92 Å². The van der Waals surface area contributed by atoms with Crippen molar-refractivity contribution in [1.82, 2.24) is 0 Å². The molecule has 0 aromatic heterocycles. The van der Waals surface area contributed by atoms with Crippen LogP contribution in [-0.4, -0.2) is 11.3 Å². The van der Waals surface area contributed by atoms with Gasteiger partial charge in [0.25, 0.3) is 0 Å². The van der Waals surface area contributed by atoms with Gasteiger partial charge >= 0.3 is 0 Å². The van der Waals surface area contributed by atoms with Gasteiger partial charge in [-0.05, 0) is 46.8 Å². The van der Waals surface area contributed by atoms with Crippen LogP contribution in [0.5, 0.6) is 0 Å². The summed E-state index contributed by atoms with van der Waals surface area (Å²) in [5, 5.41) is 0. The standard InChI is InChI=1S/C15H18BrF2NO/c1-9-3-2-6-15(19,8-9)13(20)7-10-12(17)5-4-11(16)14(10)18/h4-5,9H,2-3,6-8,19H2,1H3. The molecule has 110 valence electrons. The molecule has 0 heterocycles. The van der Waals surface area contributed by atoms with Crippen LogP contribution in [0.3, 0.4) is 0 Å². The van der Waals surface area contributed by atoms with Gasteiger partial charge < -0.3 is 5.73 Å². The SMILES string of the molecule is CC1CCCC(N)(C(=O)Cc2c(F)ccc(Br)c2F)C1. The molecule has 0 spiro atoms. The molecule has 2 rings (SSSR count). The Morgan fingerprint density at radius 2 is 2.20 bits per heavy atom. The summed E-state index contributed by atoms with van der Waals surface area (Å²) in [7, 11) is 0. The van der Waals surface area contributed by atoms with Crippen molar-refractivity contribution in [3.8, 4) is 0 Å². The van der Waals surface area contributed by atoms with Crippen LogP contribution in [0.2, 0.25) is 0 Å². The van der Waals surface area contributed by atoms with Crippen molar-refractivity contribution in [2.75, 3.05) is 0 Å². The Hall–Kier alpha value is -0.810. The van der Waals surface area contributed by atoms with Gasteiger partial charge in [0.15, 0.2) is 5.78 Å². The van der Waals surface area contributed by atoms with E-state index in [0.717, 1.165) is 18.9 Å². The zero-order valence-electron chi connectivity index (χ0n) is 11.4. The van der Waals surface area contributed by atoms with E-state index in [2.05, 4.69) is 15.9 Å². The summed E-state index contributed by atoms with van der Waals surface area (Å²) >= 11 is 3.00. The van der Waals surface area contributed by atoms with Gasteiger partial charge in [0.1, 0.15) is 11.6 Å². The quantitative estimate of drug-likeness (QED) is 0.848. The number of Topliss-reactive ketones (excluding diaryl/α,β-unsaturated/α-hetero) is 1. The Morgan fingerprint density at radius 1 is 1.50 bits per heavy atom. The van der Waals surface area contributed by atoms with Crippen molar-refractivity contribution in [3.05, 3.63) is 33.8 Å². The number of benzene rings is 1. The van der Waals surface area contributed by atoms with Crippen LogP contribution in [0.1, 0.15) is 38.2 Å². The highest BCUT2D eigenvalue weighted by Crippen LogP contribution is 2.32. The summed E-state index contributed by atoms with van der Waals surface area (Å²) in [6, 6.07) is 2.45. The molecule has 1 saturated carbocycles. The van der Waals surface area contributed by atoms with Gasteiger partial charge in [0.05, 0.1) is 10.0 Å². The van der Waals surface area contributed by atoms with E-state index in [-0.39, 0.29) is 22.2 Å². The first-order valence-corrected chi connectivity index (χ1v) is 7.57. The average molecular weight is 346 g/mol. The minimum atomic E-state index is -0.946. The predicted octanol–water partition coefficient (Wildman–Crippen LogP) is 3.75. The molecule has 0 saturated heterocycles. The molecule has 0 bridgehead atoms. The predicted molar refractivity (Wildman–Crippen MR) is 77.3 cm³/mol. The Morgan fingerprint density at radius 3 is 2.85 bits per heavy atom. The number of halogens is 3. The van der Waals surface area contributed by atoms with Gasteiger partial charge in [-0.15, -0.1) is 0 Å². The Kier molecular flexibility index (Phi) is 4.59. The van der Waals surface area contributed by atoms with Crippen molar-refractivity contribution < 1.29 is 13.6 Å². The monoisotopic (exact) mass is 345 g/mol. The lowest BCUT2D eigenvalue weighted by atomic mass is 9.73. The van der Waals surface area contributed by atoms with Gasteiger partial charge in [0, 0.05) is 12.0 Å². The molecule has 2 atom stereocenters. The molecule has 2 unspecified atom stereocenters. The highest BCUT2D eigenvalue weighted by Gasteiger charge is 2.38. The van der Waals surface area contributed by atoms with E-state index < -0.39 is 17.2 Å². The zero-order chi connectivity index (χ0) is 14.9. The van der Waals surface area contributed by atoms with Crippen molar-refractivity contribution in [2.24, 2.45) is 11.7 Å². The maximum absolute atomic E-state index is 13.9. The molecular weight excluding hydrogens is 328 g/mol. The third-order valence-corrected chi connectivity index (χ3v) is 4.68. The van der Waals surface area contributed by atoms with Gasteiger partial charge in [-0.25, -0.2) is 8.78 Å². The number of carbonyl (C=O) groups is 1. The molecule has 1 aromatic carbocycles. The van der Waals surface area contributed by atoms with Crippen molar-refractivity contribution in [2.45, 2.75) is 44.6 Å². The molecule has 1 aliphatic rings. The average Bonchev–Trinajstić information content (AvgIpc) is 2.38. The third-order valence-electron chi connectivity index (χ3n) is 4.06. The number of hydrogen-bond donors (Lipinski definition) is 1. The molecule has 5 heteroatoms. The maximum Gasteiger partial charge on any atom is 0.157 e. The Bertz CT molecular complexity index is 535. The molecule has 1 aromatic rings. The maximum atomic E-state index is 13.9. The highest BCUT2D eigenvalue weighted by molar-refractivity contribution is 9.10. The van der Waals surface area contributed by atoms with Crippen LogP contribution in [0.4, 0.5) is 8.78 Å². The van der Waals surface area contributed by atoms with Crippen LogP contribution in [0.15, 0.2) is 16.6 Å². The molecule has 2 N–H and O–H groups in total. The second-order valence-electron chi connectivity index (χ2n) is 5.78. The summed E-state index contributed by atoms with van der Waals surface area (Å²) in [6.45, 7) is 2.05. The van der Waals surface area contributed by atoms with Crippen LogP contribution in [0.25, 0.3) is 0 Å². The van der Waals surface area contributed by atoms with Crippen molar-refractivity contribution in [3.63, 3.8) is 0 Å². The number of hydrogen-bond acceptors (Lipinski definition) is 2. The van der Waals surface area contributed by atoms with Crippen LogP contribution >= 0.6 is 15.9 Å². The first-order chi connectivity index (χ1) is 9.33. The summed E-state index contributed by atoms with van der Waals surface area (Å²) in [6.07, 6.45) is 2.81. The van der Waals surface area contributed by atoms with Crippen LogP contribution in [-0.2, 0) is 11.2 Å². The molecule has 0 amide bonds. The van der Waals surface area contributed by atoms with E-state index in [1.54, 1.807) is 0 Å². The smallest absolute Gasteiger partial charge is 0.157 e. The fraction of sp³-hybridized carbons (Fsp3) is 0.533. The first kappa shape index (κ1) is 15.6. The molecule has 0 radical (unpaired) electrons. The third kappa shape index (κ3) is 3.09. The number of ketones is 1. The summed E-state index contributed by atoms with van der Waals surface area (Å²) < 4.78 is 27.8. The molecule has 20 heavy (non-hydrogen) atoms. The fourth-order valence-electron chi connectivity index (χ4n) is 2.91. The lowest BCUT2D eigenvalue weighted by molar-refractivity contribution is -0.125. The fourth-order valence-corrected chi connectivity index (χ4v) is 3.28. The minimum absolute atomic E-state index is 0.157. The number of carbonyl (C=O) groups excluding carboxylic acids is 1. The molecule has 2 nitrogen and oxygen atoms in total. The normalized spacial score (nSPS) is 26.6. The zero-order valence-corrected chi connectivity index (χ0v) is 13.0. The topological polar surface area (TPSA) is 43.1 Å². The Labute approximate surface area is 125 Å². The highest BCUT2D eigenvalue weighted by atomic mass is 79.9. The lowest BCUT2D eigenvalue weighted by Gasteiger charge is -2.35. The van der Waals surface area contributed by atoms with E-state index in [4.69, 9.17) is 5.73 Å². The van der Waals surface area contributed by atoms with E-state index in [1.165, 1.54) is 6.07 Å². The van der Waals surface area contributed by atoms with Crippen molar-refractivity contribution in [1.29, 1.82) is 0 Å². The van der Waals surface area contributed by atoms with Crippen molar-refractivity contribution >= 4 is 21.7 Å². The van der Waals surface area contributed by atoms with Crippen LogP contribution < -0.4 is 5.73 Å². The van der Waals surface area contributed by atoms with Gasteiger partial charge in [0.2, 0.25) is 0 Å². The molecule has 1 aliphatic carbocycles. The largest absolute Gasteiger partial charge is 0.319 e. The molecule has 1 fully saturated rings. The van der Waals surface area contributed by atoms with Gasteiger partial charge in [-0.2, -0.15) is 0 Å². The van der Waals surface area contributed by atoms with E-state index >= 15 is 0 Å². The van der Waals surface area contributed by atoms with Crippen LogP contribution in [0, 0.1) is 17.6 Å².